The molecule has 0 unspecified atom stereocenters. The fraction of sp³-hybridized carbons (Fsp3) is 1.00. The minimum Gasteiger partial charge on any atom is -0.856 e. The summed E-state index contributed by atoms with van der Waals surface area (Å²) in [6.07, 6.45) is 9.27. The first-order valence-corrected chi connectivity index (χ1v) is 17.2. The summed E-state index contributed by atoms with van der Waals surface area (Å²) >= 11 is 0. The minimum atomic E-state index is -1.72. The van der Waals surface area contributed by atoms with Crippen LogP contribution in [0.2, 0.25) is 19.0 Å². The Labute approximate surface area is 257 Å². The molecule has 0 aromatic heterocycles. The topological polar surface area (TPSA) is 158 Å². The van der Waals surface area contributed by atoms with E-state index >= 15 is 0 Å². The Morgan fingerprint density at radius 3 is 0.976 bits per heavy atom. The number of aliphatic hydroxyl groups is 3. The Bertz CT molecular complexity index is 587. The third kappa shape index (κ3) is 16.8. The SMILES string of the molecule is CCCCCCCCB([O-])OC1[C@@H](OB([O-])CCCCCCCC)[C@H](O)C(O)[C@@H](O)[C@@H]1OB([O-])CCCCCCCC. The van der Waals surface area contributed by atoms with Gasteiger partial charge in [-0.25, -0.2) is 0 Å². The lowest BCUT2D eigenvalue weighted by Crippen LogP contribution is -2.69. The van der Waals surface area contributed by atoms with Crippen molar-refractivity contribution >= 4 is 21.4 Å². The number of rotatable bonds is 27. The second kappa shape index (κ2) is 25.1. The molecule has 42 heavy (non-hydrogen) atoms. The second-order valence-corrected chi connectivity index (χ2v) is 12.2. The van der Waals surface area contributed by atoms with Gasteiger partial charge in [0.2, 0.25) is 0 Å². The van der Waals surface area contributed by atoms with E-state index in [0.29, 0.717) is 19.3 Å². The largest absolute Gasteiger partial charge is 0.856 e. The molecule has 1 fully saturated rings. The molecule has 1 saturated carbocycles. The summed E-state index contributed by atoms with van der Waals surface area (Å²) in [7, 11) is -4.54. The highest BCUT2D eigenvalue weighted by Crippen LogP contribution is 2.30. The predicted molar refractivity (Wildman–Crippen MR) is 164 cm³/mol. The first kappa shape index (κ1) is 39.9. The van der Waals surface area contributed by atoms with E-state index in [1.165, 1.54) is 0 Å². The highest BCUT2D eigenvalue weighted by atomic mass is 16.6. The van der Waals surface area contributed by atoms with Gasteiger partial charge in [-0.1, -0.05) is 155 Å². The average Bonchev–Trinajstić information content (AvgIpc) is 2.97. The van der Waals surface area contributed by atoms with Crippen LogP contribution in [-0.2, 0) is 14.0 Å². The molecule has 0 radical (unpaired) electrons. The van der Waals surface area contributed by atoms with Crippen LogP contribution in [0.25, 0.3) is 0 Å². The van der Waals surface area contributed by atoms with Gasteiger partial charge in [-0.3, -0.25) is 0 Å². The van der Waals surface area contributed by atoms with Crippen molar-refractivity contribution < 1.29 is 44.4 Å². The summed E-state index contributed by atoms with van der Waals surface area (Å²) in [6, 6.07) is 0. The number of hydrogen-bond acceptors (Lipinski definition) is 9. The van der Waals surface area contributed by atoms with Gasteiger partial charge in [0.05, 0.1) is 18.3 Å². The average molecular weight is 597 g/mol. The zero-order valence-electron chi connectivity index (χ0n) is 26.8. The van der Waals surface area contributed by atoms with Crippen molar-refractivity contribution in [3.8, 4) is 0 Å². The van der Waals surface area contributed by atoms with Crippen LogP contribution in [0.1, 0.15) is 136 Å². The van der Waals surface area contributed by atoms with Crippen molar-refractivity contribution in [3.05, 3.63) is 0 Å². The van der Waals surface area contributed by atoms with Crippen LogP contribution < -0.4 is 15.1 Å². The predicted octanol–water partition coefficient (Wildman–Crippen LogP) is 2.87. The summed E-state index contributed by atoms with van der Waals surface area (Å²) in [5.74, 6) is 0. The Hall–Kier alpha value is -0.165. The summed E-state index contributed by atoms with van der Waals surface area (Å²) in [6.45, 7) is 6.42. The molecule has 0 amide bonds. The molecule has 246 valence electrons. The third-order valence-corrected chi connectivity index (χ3v) is 8.33. The van der Waals surface area contributed by atoms with Crippen molar-refractivity contribution in [2.24, 2.45) is 0 Å². The summed E-state index contributed by atoms with van der Waals surface area (Å²) < 4.78 is 17.1. The molecule has 4 atom stereocenters. The molecule has 9 nitrogen and oxygen atoms in total. The molecule has 0 aliphatic heterocycles. The Morgan fingerprint density at radius 1 is 0.405 bits per heavy atom. The minimum absolute atomic E-state index is 0.201. The standard InChI is InChI=1S/C30H60B3O9/c1-4-7-10-13-16-19-22-31(37)40-28-26(35)25(34)27(36)29(41-32(38)23-20-17-14-11-8-5-2)30(28)42-33(39)24-21-18-15-12-9-6-3/h25-30,34-36H,4-24H2,1-3H3/q-3/t25?,26-,27-,28+,29+,30?/m1/s1. The van der Waals surface area contributed by atoms with Gasteiger partial charge < -0.3 is 44.4 Å². The Balaban J connectivity index is 2.86. The van der Waals surface area contributed by atoms with Gasteiger partial charge in [-0.2, -0.15) is 0 Å². The first-order chi connectivity index (χ1) is 20.3. The normalized spacial score (nSPS) is 24.2. The van der Waals surface area contributed by atoms with Crippen LogP contribution in [0.15, 0.2) is 0 Å². The van der Waals surface area contributed by atoms with Gasteiger partial charge in [-0.05, 0) is 0 Å². The zero-order valence-corrected chi connectivity index (χ0v) is 26.8. The van der Waals surface area contributed by atoms with Gasteiger partial charge in [0, 0.05) is 0 Å². The molecule has 0 bridgehead atoms. The van der Waals surface area contributed by atoms with Gasteiger partial charge >= 0.3 is 0 Å². The third-order valence-electron chi connectivity index (χ3n) is 8.33. The zero-order chi connectivity index (χ0) is 31.2. The van der Waals surface area contributed by atoms with Crippen molar-refractivity contribution in [3.63, 3.8) is 0 Å². The van der Waals surface area contributed by atoms with Crippen LogP contribution in [-0.4, -0.2) is 73.3 Å². The smallest absolute Gasteiger partial charge is 0.183 e. The second-order valence-electron chi connectivity index (χ2n) is 12.2. The van der Waals surface area contributed by atoms with Crippen molar-refractivity contribution in [2.75, 3.05) is 0 Å². The molecule has 0 saturated heterocycles. The molecular weight excluding hydrogens is 537 g/mol. The van der Waals surface area contributed by atoms with Gasteiger partial charge in [0.1, 0.15) is 18.3 Å². The molecular formula is C30H60B3O9-3. The maximum atomic E-state index is 12.9. The van der Waals surface area contributed by atoms with E-state index in [4.69, 9.17) is 14.0 Å². The molecule has 3 N–H and O–H groups in total. The number of hydrogen-bond donors (Lipinski definition) is 3. The van der Waals surface area contributed by atoms with Gasteiger partial charge in [-0.15, -0.1) is 0 Å². The van der Waals surface area contributed by atoms with E-state index in [9.17, 15) is 30.4 Å². The maximum Gasteiger partial charge on any atom is 0.183 e. The van der Waals surface area contributed by atoms with Crippen LogP contribution in [0.3, 0.4) is 0 Å². The maximum absolute atomic E-state index is 12.9. The summed E-state index contributed by atoms with van der Waals surface area (Å²) in [5.41, 5.74) is 0. The van der Waals surface area contributed by atoms with Crippen LogP contribution in [0.5, 0.6) is 0 Å². The van der Waals surface area contributed by atoms with E-state index in [2.05, 4.69) is 20.8 Å². The molecule has 0 aromatic carbocycles. The molecule has 0 heterocycles. The lowest BCUT2D eigenvalue weighted by molar-refractivity contribution is -0.284. The van der Waals surface area contributed by atoms with Crippen LogP contribution >= 0.6 is 0 Å². The number of aliphatic hydroxyl groups excluding tert-OH is 3. The Kier molecular flexibility index (Phi) is 23.8. The Morgan fingerprint density at radius 2 is 0.667 bits per heavy atom. The van der Waals surface area contributed by atoms with E-state index in [1.807, 2.05) is 0 Å². The van der Waals surface area contributed by atoms with Gasteiger partial charge in [0.25, 0.3) is 0 Å². The van der Waals surface area contributed by atoms with E-state index in [-0.39, 0.29) is 19.0 Å². The molecule has 1 aliphatic carbocycles. The van der Waals surface area contributed by atoms with Crippen molar-refractivity contribution in [2.45, 2.75) is 192 Å². The summed E-state index contributed by atoms with van der Waals surface area (Å²) in [4.78, 5) is 0. The summed E-state index contributed by atoms with van der Waals surface area (Å²) in [5, 5.41) is 70.8. The first-order valence-electron chi connectivity index (χ1n) is 17.2. The molecule has 12 heteroatoms. The molecule has 0 spiro atoms. The lowest BCUT2D eigenvalue weighted by atomic mass is 9.75. The fourth-order valence-electron chi connectivity index (χ4n) is 5.64. The van der Waals surface area contributed by atoms with Crippen LogP contribution in [0.4, 0.5) is 0 Å². The highest BCUT2D eigenvalue weighted by molar-refractivity contribution is 6.41. The molecule has 1 aliphatic rings. The fourth-order valence-corrected chi connectivity index (χ4v) is 5.64. The molecule has 1 rings (SSSR count). The van der Waals surface area contributed by atoms with E-state index < -0.39 is 58.0 Å². The van der Waals surface area contributed by atoms with Crippen molar-refractivity contribution in [1.29, 1.82) is 0 Å². The molecule has 0 aromatic rings. The quantitative estimate of drug-likeness (QED) is 0.0957. The van der Waals surface area contributed by atoms with Crippen molar-refractivity contribution in [1.82, 2.24) is 0 Å². The van der Waals surface area contributed by atoms with E-state index in [0.717, 1.165) is 96.3 Å². The monoisotopic (exact) mass is 597 g/mol. The highest BCUT2D eigenvalue weighted by Gasteiger charge is 2.51. The van der Waals surface area contributed by atoms with Crippen LogP contribution in [0, 0.1) is 0 Å². The lowest BCUT2D eigenvalue weighted by Gasteiger charge is -2.50. The number of unbranched alkanes of at least 4 members (excludes halogenated alkanes) is 15. The van der Waals surface area contributed by atoms with Gasteiger partial charge in [0.15, 0.2) is 21.4 Å². The van der Waals surface area contributed by atoms with E-state index in [1.54, 1.807) is 0 Å².